The van der Waals surface area contributed by atoms with Crippen LogP contribution in [0.25, 0.3) is 22.9 Å². The van der Waals surface area contributed by atoms with Gasteiger partial charge in [-0.2, -0.15) is 0 Å². The second-order valence-corrected chi connectivity index (χ2v) is 8.85. The van der Waals surface area contributed by atoms with E-state index in [1.807, 2.05) is 72.5 Å². The van der Waals surface area contributed by atoms with Gasteiger partial charge in [-0.3, -0.25) is 9.69 Å². The number of aromatic nitrogens is 2. The molecule has 178 valence electrons. The highest BCUT2D eigenvalue weighted by Crippen LogP contribution is 2.26. The molecule has 6 nitrogen and oxygen atoms in total. The number of carbonyl (C=O) groups is 1. The zero-order valence-corrected chi connectivity index (χ0v) is 19.7. The molecule has 1 aromatic heterocycles. The molecule has 35 heavy (non-hydrogen) atoms. The van der Waals surface area contributed by atoms with Crippen LogP contribution in [0.3, 0.4) is 0 Å². The Morgan fingerprint density at radius 1 is 0.886 bits per heavy atom. The molecule has 2 heterocycles. The molecule has 4 aromatic rings. The summed E-state index contributed by atoms with van der Waals surface area (Å²) in [5.41, 5.74) is 4.47. The summed E-state index contributed by atoms with van der Waals surface area (Å²) < 4.78 is 19.1. The van der Waals surface area contributed by atoms with E-state index < -0.39 is 0 Å². The number of hydrogen-bond donors (Lipinski definition) is 0. The number of benzene rings is 3. The van der Waals surface area contributed by atoms with Gasteiger partial charge in [0.1, 0.15) is 5.82 Å². The standard InChI is InChI=1S/C28H27FN4O2/c1-20-5-2-3-6-25(20)27-31-30-26(35-27)22-9-11-23(12-10-22)28(34)33-16-4-15-32(17-18-33)19-21-7-13-24(29)14-8-21/h2-3,5-14H,4,15-19H2,1H3. The number of halogens is 1. The number of aryl methyl sites for hydroxylation is 1. The Balaban J connectivity index is 1.22. The van der Waals surface area contributed by atoms with Crippen molar-refractivity contribution >= 4 is 5.91 Å². The van der Waals surface area contributed by atoms with Crippen LogP contribution in [0, 0.1) is 12.7 Å². The fourth-order valence-corrected chi connectivity index (χ4v) is 4.38. The van der Waals surface area contributed by atoms with Crippen LogP contribution < -0.4 is 0 Å². The van der Waals surface area contributed by atoms with Crippen molar-refractivity contribution in [3.8, 4) is 22.9 Å². The van der Waals surface area contributed by atoms with Gasteiger partial charge in [-0.1, -0.05) is 30.3 Å². The first-order valence-corrected chi connectivity index (χ1v) is 11.8. The minimum atomic E-state index is -0.224. The van der Waals surface area contributed by atoms with Gasteiger partial charge in [0.25, 0.3) is 5.91 Å². The lowest BCUT2D eigenvalue weighted by molar-refractivity contribution is 0.0761. The van der Waals surface area contributed by atoms with Crippen molar-refractivity contribution in [3.05, 3.63) is 95.3 Å². The number of amides is 1. The molecule has 1 fully saturated rings. The van der Waals surface area contributed by atoms with E-state index in [2.05, 4.69) is 15.1 Å². The van der Waals surface area contributed by atoms with Gasteiger partial charge in [-0.05, 0) is 66.9 Å². The molecule has 0 saturated carbocycles. The minimum absolute atomic E-state index is 0.0197. The van der Waals surface area contributed by atoms with E-state index in [-0.39, 0.29) is 11.7 Å². The normalized spacial score (nSPS) is 14.6. The molecule has 1 saturated heterocycles. The van der Waals surface area contributed by atoms with Gasteiger partial charge in [-0.15, -0.1) is 10.2 Å². The van der Waals surface area contributed by atoms with E-state index in [4.69, 9.17) is 4.42 Å². The Morgan fingerprint density at radius 2 is 1.63 bits per heavy atom. The van der Waals surface area contributed by atoms with E-state index >= 15 is 0 Å². The highest BCUT2D eigenvalue weighted by molar-refractivity contribution is 5.94. The number of nitrogens with zero attached hydrogens (tertiary/aromatic N) is 4. The molecule has 0 spiro atoms. The van der Waals surface area contributed by atoms with Crippen molar-refractivity contribution in [2.45, 2.75) is 19.9 Å². The minimum Gasteiger partial charge on any atom is -0.416 e. The quantitative estimate of drug-likeness (QED) is 0.401. The molecule has 1 aliphatic heterocycles. The van der Waals surface area contributed by atoms with Crippen molar-refractivity contribution in [2.75, 3.05) is 26.2 Å². The second-order valence-electron chi connectivity index (χ2n) is 8.85. The summed E-state index contributed by atoms with van der Waals surface area (Å²) in [6.07, 6.45) is 0.898. The zero-order chi connectivity index (χ0) is 24.2. The van der Waals surface area contributed by atoms with Crippen LogP contribution >= 0.6 is 0 Å². The van der Waals surface area contributed by atoms with E-state index in [0.29, 0.717) is 30.4 Å². The van der Waals surface area contributed by atoms with E-state index in [9.17, 15) is 9.18 Å². The van der Waals surface area contributed by atoms with Gasteiger partial charge in [0.15, 0.2) is 0 Å². The largest absolute Gasteiger partial charge is 0.416 e. The molecule has 0 aliphatic carbocycles. The molecule has 0 N–H and O–H groups in total. The van der Waals surface area contributed by atoms with E-state index in [1.54, 1.807) is 0 Å². The number of carbonyl (C=O) groups excluding carboxylic acids is 1. The molecule has 1 aliphatic rings. The molecule has 0 radical (unpaired) electrons. The number of rotatable bonds is 5. The molecule has 0 unspecified atom stereocenters. The Morgan fingerprint density at radius 3 is 2.40 bits per heavy atom. The molecular weight excluding hydrogens is 443 g/mol. The van der Waals surface area contributed by atoms with Crippen molar-refractivity contribution < 1.29 is 13.6 Å². The Kier molecular flexibility index (Phi) is 6.68. The first-order chi connectivity index (χ1) is 17.1. The van der Waals surface area contributed by atoms with Gasteiger partial charge in [0.2, 0.25) is 11.8 Å². The SMILES string of the molecule is Cc1ccccc1-c1nnc(-c2ccc(C(=O)N3CCCN(Cc4ccc(F)cc4)CC3)cc2)o1. The van der Waals surface area contributed by atoms with Crippen LogP contribution in [0.5, 0.6) is 0 Å². The second kappa shape index (κ2) is 10.2. The summed E-state index contributed by atoms with van der Waals surface area (Å²) in [6, 6.07) is 21.8. The van der Waals surface area contributed by atoms with Crippen LogP contribution in [-0.2, 0) is 6.54 Å². The maximum absolute atomic E-state index is 13.2. The molecular formula is C28H27FN4O2. The molecule has 7 heteroatoms. The average molecular weight is 471 g/mol. The van der Waals surface area contributed by atoms with Gasteiger partial charge in [0.05, 0.1) is 0 Å². The Labute approximate surface area is 204 Å². The summed E-state index contributed by atoms with van der Waals surface area (Å²) in [7, 11) is 0. The lowest BCUT2D eigenvalue weighted by Gasteiger charge is -2.22. The number of hydrogen-bond acceptors (Lipinski definition) is 5. The van der Waals surface area contributed by atoms with Gasteiger partial charge in [-0.25, -0.2) is 4.39 Å². The topological polar surface area (TPSA) is 62.5 Å². The van der Waals surface area contributed by atoms with Gasteiger partial charge >= 0.3 is 0 Å². The van der Waals surface area contributed by atoms with Crippen LogP contribution in [0.2, 0.25) is 0 Å². The van der Waals surface area contributed by atoms with Crippen LogP contribution in [-0.4, -0.2) is 52.1 Å². The fraction of sp³-hybridized carbons (Fsp3) is 0.250. The van der Waals surface area contributed by atoms with Crippen molar-refractivity contribution in [3.63, 3.8) is 0 Å². The van der Waals surface area contributed by atoms with Crippen molar-refractivity contribution in [2.24, 2.45) is 0 Å². The maximum atomic E-state index is 13.2. The monoisotopic (exact) mass is 470 g/mol. The molecule has 0 atom stereocenters. The lowest BCUT2D eigenvalue weighted by Crippen LogP contribution is -2.35. The first-order valence-electron chi connectivity index (χ1n) is 11.8. The van der Waals surface area contributed by atoms with Crippen LogP contribution in [0.4, 0.5) is 4.39 Å². The molecule has 3 aromatic carbocycles. The Bertz CT molecular complexity index is 1300. The third-order valence-corrected chi connectivity index (χ3v) is 6.37. The Hall–Kier alpha value is -3.84. The van der Waals surface area contributed by atoms with Gasteiger partial charge < -0.3 is 9.32 Å². The summed E-state index contributed by atoms with van der Waals surface area (Å²) in [4.78, 5) is 17.4. The first kappa shape index (κ1) is 22.9. The maximum Gasteiger partial charge on any atom is 0.253 e. The summed E-state index contributed by atoms with van der Waals surface area (Å²) >= 11 is 0. The van der Waals surface area contributed by atoms with Gasteiger partial charge in [0, 0.05) is 49.4 Å². The third kappa shape index (κ3) is 5.30. The summed E-state index contributed by atoms with van der Waals surface area (Å²) in [6.45, 7) is 5.82. The smallest absolute Gasteiger partial charge is 0.253 e. The average Bonchev–Trinajstić information content (AvgIpc) is 3.25. The molecule has 1 amide bonds. The molecule has 0 bridgehead atoms. The zero-order valence-electron chi connectivity index (χ0n) is 19.7. The van der Waals surface area contributed by atoms with Crippen LogP contribution in [0.1, 0.15) is 27.9 Å². The van der Waals surface area contributed by atoms with Crippen molar-refractivity contribution in [1.82, 2.24) is 20.0 Å². The highest BCUT2D eigenvalue weighted by atomic mass is 19.1. The van der Waals surface area contributed by atoms with Crippen molar-refractivity contribution in [1.29, 1.82) is 0 Å². The summed E-state index contributed by atoms with van der Waals surface area (Å²) in [5, 5.41) is 8.38. The predicted molar refractivity (Wildman–Crippen MR) is 132 cm³/mol. The molecule has 5 rings (SSSR count). The summed E-state index contributed by atoms with van der Waals surface area (Å²) in [5.74, 6) is 0.700. The highest BCUT2D eigenvalue weighted by Gasteiger charge is 2.21. The van der Waals surface area contributed by atoms with E-state index in [0.717, 1.165) is 48.3 Å². The predicted octanol–water partition coefficient (Wildman–Crippen LogP) is 5.20. The fourth-order valence-electron chi connectivity index (χ4n) is 4.38. The van der Waals surface area contributed by atoms with E-state index in [1.165, 1.54) is 12.1 Å². The van der Waals surface area contributed by atoms with Crippen LogP contribution in [0.15, 0.2) is 77.2 Å². The third-order valence-electron chi connectivity index (χ3n) is 6.37. The lowest BCUT2D eigenvalue weighted by atomic mass is 10.1.